The topological polar surface area (TPSA) is 78.1 Å². The van der Waals surface area contributed by atoms with Gasteiger partial charge in [-0.15, -0.1) is 0 Å². The molecule has 2 aromatic rings. The fourth-order valence-corrected chi connectivity index (χ4v) is 3.94. The molecule has 0 fully saturated rings. The Labute approximate surface area is 132 Å². The molecular formula is C19H25N3. The van der Waals surface area contributed by atoms with Crippen LogP contribution in [0.5, 0.6) is 0 Å². The highest BCUT2D eigenvalue weighted by Crippen LogP contribution is 2.53. The van der Waals surface area contributed by atoms with Crippen LogP contribution in [0.3, 0.4) is 0 Å². The summed E-state index contributed by atoms with van der Waals surface area (Å²) in [6, 6.07) is 15.0. The van der Waals surface area contributed by atoms with Gasteiger partial charge in [-0.1, -0.05) is 30.3 Å². The Morgan fingerprint density at radius 2 is 1.41 bits per heavy atom. The summed E-state index contributed by atoms with van der Waals surface area (Å²) in [6.45, 7) is 1.42. The molecule has 6 N–H and O–H groups in total. The predicted molar refractivity (Wildman–Crippen MR) is 93.6 cm³/mol. The van der Waals surface area contributed by atoms with Crippen LogP contribution >= 0.6 is 0 Å². The molecule has 0 radical (unpaired) electrons. The van der Waals surface area contributed by atoms with Gasteiger partial charge >= 0.3 is 0 Å². The van der Waals surface area contributed by atoms with E-state index < -0.39 is 0 Å². The van der Waals surface area contributed by atoms with Crippen LogP contribution in [-0.2, 0) is 5.41 Å². The monoisotopic (exact) mass is 295 g/mol. The number of anilines is 1. The fourth-order valence-electron chi connectivity index (χ4n) is 3.94. The van der Waals surface area contributed by atoms with Gasteiger partial charge in [-0.3, -0.25) is 0 Å². The Kier molecular flexibility index (Phi) is 4.19. The number of rotatable bonds is 6. The molecule has 3 heteroatoms. The maximum absolute atomic E-state index is 6.09. The van der Waals surface area contributed by atoms with Crippen LogP contribution in [0, 0.1) is 0 Å². The smallest absolute Gasteiger partial charge is 0.0317 e. The van der Waals surface area contributed by atoms with Crippen LogP contribution in [0.25, 0.3) is 11.1 Å². The number of nitrogens with two attached hydrogens (primary N) is 3. The molecule has 2 aromatic carbocycles. The van der Waals surface area contributed by atoms with Gasteiger partial charge in [-0.05, 0) is 73.2 Å². The summed E-state index contributed by atoms with van der Waals surface area (Å²) in [4.78, 5) is 0. The lowest BCUT2D eigenvalue weighted by Crippen LogP contribution is -2.27. The average molecular weight is 295 g/mol. The zero-order valence-electron chi connectivity index (χ0n) is 13.0. The van der Waals surface area contributed by atoms with Crippen molar-refractivity contribution in [1.82, 2.24) is 0 Å². The first kappa shape index (κ1) is 15.1. The Balaban J connectivity index is 2.20. The molecule has 116 valence electrons. The van der Waals surface area contributed by atoms with Crippen molar-refractivity contribution in [2.24, 2.45) is 11.5 Å². The van der Waals surface area contributed by atoms with E-state index in [0.29, 0.717) is 13.1 Å². The molecular weight excluding hydrogens is 270 g/mol. The molecule has 0 aromatic heterocycles. The maximum Gasteiger partial charge on any atom is 0.0317 e. The van der Waals surface area contributed by atoms with Gasteiger partial charge in [0.15, 0.2) is 0 Å². The number of hydrogen-bond donors (Lipinski definition) is 3. The minimum Gasteiger partial charge on any atom is -0.399 e. The minimum atomic E-state index is 0.0139. The third-order valence-electron chi connectivity index (χ3n) is 4.91. The molecule has 1 aliphatic rings. The Hall–Kier alpha value is -1.84. The van der Waals surface area contributed by atoms with Gasteiger partial charge in [0.1, 0.15) is 0 Å². The second-order valence-electron chi connectivity index (χ2n) is 6.22. The molecule has 22 heavy (non-hydrogen) atoms. The molecule has 0 atom stereocenters. The van der Waals surface area contributed by atoms with Gasteiger partial charge in [-0.25, -0.2) is 0 Å². The molecule has 0 amide bonds. The zero-order valence-corrected chi connectivity index (χ0v) is 13.0. The van der Waals surface area contributed by atoms with Crippen LogP contribution < -0.4 is 17.2 Å². The van der Waals surface area contributed by atoms with E-state index in [-0.39, 0.29) is 5.41 Å². The highest BCUT2D eigenvalue weighted by molar-refractivity contribution is 5.82. The van der Waals surface area contributed by atoms with Gasteiger partial charge < -0.3 is 17.2 Å². The van der Waals surface area contributed by atoms with Gasteiger partial charge in [-0.2, -0.15) is 0 Å². The Morgan fingerprint density at radius 1 is 0.773 bits per heavy atom. The highest BCUT2D eigenvalue weighted by Gasteiger charge is 2.41. The average Bonchev–Trinajstić information content (AvgIpc) is 2.81. The largest absolute Gasteiger partial charge is 0.399 e. The molecule has 0 saturated heterocycles. The molecule has 0 unspecified atom stereocenters. The summed E-state index contributed by atoms with van der Waals surface area (Å²) < 4.78 is 0. The van der Waals surface area contributed by atoms with E-state index in [9.17, 15) is 0 Å². The normalized spacial score (nSPS) is 14.6. The quantitative estimate of drug-likeness (QED) is 0.717. The van der Waals surface area contributed by atoms with Crippen LogP contribution in [0.15, 0.2) is 42.5 Å². The van der Waals surface area contributed by atoms with Crippen molar-refractivity contribution in [3.63, 3.8) is 0 Å². The molecule has 0 heterocycles. The number of benzene rings is 2. The van der Waals surface area contributed by atoms with E-state index in [2.05, 4.69) is 36.4 Å². The van der Waals surface area contributed by atoms with Gasteiger partial charge in [0.25, 0.3) is 0 Å². The molecule has 0 bridgehead atoms. The van der Waals surface area contributed by atoms with Crippen molar-refractivity contribution in [3.05, 3.63) is 53.6 Å². The standard InChI is InChI=1S/C19H25N3/c20-11-3-9-19(10-4-12-21)17-6-2-1-5-15(17)16-8-7-14(22)13-18(16)19/h1-2,5-8,13H,3-4,9-12,20-22H2. The summed E-state index contributed by atoms with van der Waals surface area (Å²) in [5.41, 5.74) is 24.0. The van der Waals surface area contributed by atoms with E-state index in [0.717, 1.165) is 31.4 Å². The molecule has 0 aliphatic heterocycles. The third-order valence-corrected chi connectivity index (χ3v) is 4.91. The number of fused-ring (bicyclic) bond motifs is 3. The van der Waals surface area contributed by atoms with Crippen molar-refractivity contribution in [2.45, 2.75) is 31.1 Å². The predicted octanol–water partition coefficient (Wildman–Crippen LogP) is 3.01. The summed E-state index contributed by atoms with van der Waals surface area (Å²) in [7, 11) is 0. The van der Waals surface area contributed by atoms with E-state index in [4.69, 9.17) is 17.2 Å². The number of nitrogen functional groups attached to an aromatic ring is 1. The van der Waals surface area contributed by atoms with E-state index >= 15 is 0 Å². The maximum atomic E-state index is 6.09. The summed E-state index contributed by atoms with van der Waals surface area (Å²) in [5, 5.41) is 0. The van der Waals surface area contributed by atoms with E-state index in [1.54, 1.807) is 0 Å². The van der Waals surface area contributed by atoms with Crippen LogP contribution in [0.2, 0.25) is 0 Å². The molecule has 1 aliphatic carbocycles. The lowest BCUT2D eigenvalue weighted by atomic mass is 9.71. The number of hydrogen-bond acceptors (Lipinski definition) is 3. The summed E-state index contributed by atoms with van der Waals surface area (Å²) in [6.07, 6.45) is 4.12. The van der Waals surface area contributed by atoms with Crippen molar-refractivity contribution in [3.8, 4) is 11.1 Å². The van der Waals surface area contributed by atoms with Gasteiger partial charge in [0, 0.05) is 11.1 Å². The van der Waals surface area contributed by atoms with Crippen molar-refractivity contribution < 1.29 is 0 Å². The third kappa shape index (κ3) is 2.31. The second-order valence-corrected chi connectivity index (χ2v) is 6.22. The first-order valence-corrected chi connectivity index (χ1v) is 8.13. The van der Waals surface area contributed by atoms with Crippen molar-refractivity contribution >= 4 is 5.69 Å². The van der Waals surface area contributed by atoms with E-state index in [1.807, 2.05) is 6.07 Å². The zero-order chi connectivity index (χ0) is 15.6. The Morgan fingerprint density at radius 3 is 2.09 bits per heavy atom. The molecule has 3 nitrogen and oxygen atoms in total. The minimum absolute atomic E-state index is 0.0139. The summed E-state index contributed by atoms with van der Waals surface area (Å²) in [5.74, 6) is 0. The first-order valence-electron chi connectivity index (χ1n) is 8.13. The fraction of sp³-hybridized carbons (Fsp3) is 0.368. The molecule has 3 rings (SSSR count). The first-order chi connectivity index (χ1) is 10.7. The van der Waals surface area contributed by atoms with Crippen molar-refractivity contribution in [1.29, 1.82) is 0 Å². The van der Waals surface area contributed by atoms with Crippen LogP contribution in [0.1, 0.15) is 36.8 Å². The molecule has 0 saturated carbocycles. The Bertz CT molecular complexity index is 655. The van der Waals surface area contributed by atoms with Gasteiger partial charge in [0.05, 0.1) is 0 Å². The van der Waals surface area contributed by atoms with Crippen LogP contribution in [-0.4, -0.2) is 13.1 Å². The van der Waals surface area contributed by atoms with Crippen molar-refractivity contribution in [2.75, 3.05) is 18.8 Å². The van der Waals surface area contributed by atoms with E-state index in [1.165, 1.54) is 22.3 Å². The second kappa shape index (κ2) is 6.11. The lowest BCUT2D eigenvalue weighted by molar-refractivity contribution is 0.424. The van der Waals surface area contributed by atoms with Crippen LogP contribution in [0.4, 0.5) is 5.69 Å². The highest BCUT2D eigenvalue weighted by atomic mass is 14.6. The lowest BCUT2D eigenvalue weighted by Gasteiger charge is -2.32. The van der Waals surface area contributed by atoms with Gasteiger partial charge in [0.2, 0.25) is 0 Å². The SMILES string of the molecule is NCCCC1(CCCN)c2ccccc2-c2ccc(N)cc21. The summed E-state index contributed by atoms with van der Waals surface area (Å²) >= 11 is 0. The molecule has 0 spiro atoms.